The molecule has 0 atom stereocenters. The van der Waals surface area contributed by atoms with Gasteiger partial charge in [0, 0.05) is 16.5 Å². The van der Waals surface area contributed by atoms with Crippen molar-refractivity contribution in [3.8, 4) is 5.75 Å². The lowest BCUT2D eigenvalue weighted by Gasteiger charge is -2.05. The van der Waals surface area contributed by atoms with Crippen LogP contribution < -0.4 is 4.74 Å². The number of methoxy groups -OCH3 is 1. The summed E-state index contributed by atoms with van der Waals surface area (Å²) in [5.41, 5.74) is 3.01. The number of aryl methyl sites for hydroxylation is 2. The molecule has 2 rings (SSSR count). The molecule has 0 saturated heterocycles. The van der Waals surface area contributed by atoms with Crippen LogP contribution in [0.5, 0.6) is 5.75 Å². The summed E-state index contributed by atoms with van der Waals surface area (Å²) in [5.74, 6) is 1.01. The molecule has 0 heterocycles. The minimum absolute atomic E-state index is 0.177. The largest absolute Gasteiger partial charge is 0.497 e. The first-order chi connectivity index (χ1) is 9.60. The second kappa shape index (κ2) is 6.71. The molecule has 2 aromatic rings. The van der Waals surface area contributed by atoms with E-state index in [0.717, 1.165) is 33.3 Å². The van der Waals surface area contributed by atoms with Crippen molar-refractivity contribution < 1.29 is 9.53 Å². The van der Waals surface area contributed by atoms with Gasteiger partial charge in [-0.1, -0.05) is 34.1 Å². The Morgan fingerprint density at radius 2 is 1.85 bits per heavy atom. The van der Waals surface area contributed by atoms with E-state index in [4.69, 9.17) is 4.74 Å². The van der Waals surface area contributed by atoms with Crippen LogP contribution in [0.4, 0.5) is 0 Å². The number of carbonyl (C=O) groups is 1. The highest BCUT2D eigenvalue weighted by molar-refractivity contribution is 9.10. The number of hydrogen-bond acceptors (Lipinski definition) is 2. The molecule has 0 unspecified atom stereocenters. The fourth-order valence-corrected chi connectivity index (χ4v) is 2.26. The molecule has 2 nitrogen and oxygen atoms in total. The number of carbonyl (C=O) groups excluding carboxylic acids is 1. The fraction of sp³-hybridized carbons (Fsp3) is 0.235. The first-order valence-corrected chi connectivity index (χ1v) is 7.31. The number of Topliss-reactive ketones (excluding diaryl/α,β-unsaturated/α-hetero) is 1. The van der Waals surface area contributed by atoms with E-state index in [1.807, 2.05) is 49.4 Å². The fourth-order valence-electron chi connectivity index (χ4n) is 2.01. The predicted octanol–water partition coefficient (Wildman–Crippen LogP) is 4.58. The molecule has 0 radical (unpaired) electrons. The van der Waals surface area contributed by atoms with E-state index < -0.39 is 0 Å². The Morgan fingerprint density at radius 3 is 2.45 bits per heavy atom. The van der Waals surface area contributed by atoms with Gasteiger partial charge in [-0.05, 0) is 48.7 Å². The van der Waals surface area contributed by atoms with Crippen molar-refractivity contribution in [2.24, 2.45) is 0 Å². The molecule has 0 amide bonds. The Hall–Kier alpha value is -1.61. The van der Waals surface area contributed by atoms with E-state index in [0.29, 0.717) is 6.42 Å². The number of rotatable bonds is 5. The summed E-state index contributed by atoms with van der Waals surface area (Å²) in [6.07, 6.45) is 1.27. The molecular weight excluding hydrogens is 316 g/mol. The minimum atomic E-state index is 0.177. The van der Waals surface area contributed by atoms with Gasteiger partial charge in [-0.15, -0.1) is 0 Å². The van der Waals surface area contributed by atoms with Gasteiger partial charge < -0.3 is 4.74 Å². The zero-order chi connectivity index (χ0) is 14.5. The molecule has 0 saturated carbocycles. The van der Waals surface area contributed by atoms with E-state index in [9.17, 15) is 4.79 Å². The molecule has 0 aliphatic carbocycles. The molecule has 20 heavy (non-hydrogen) atoms. The predicted molar refractivity (Wildman–Crippen MR) is 84.5 cm³/mol. The Bertz CT molecular complexity index is 603. The van der Waals surface area contributed by atoms with Crippen molar-refractivity contribution in [1.29, 1.82) is 0 Å². The van der Waals surface area contributed by atoms with E-state index >= 15 is 0 Å². The van der Waals surface area contributed by atoms with Gasteiger partial charge >= 0.3 is 0 Å². The maximum atomic E-state index is 12.2. The molecule has 0 fully saturated rings. The molecule has 0 aromatic heterocycles. The standard InChI is InChI=1S/C17H17BrO2/c1-12-11-14(6-9-16(12)18)17(19)10-5-13-3-7-15(20-2)8-4-13/h3-4,6-9,11H,5,10H2,1-2H3. The summed E-state index contributed by atoms with van der Waals surface area (Å²) in [6.45, 7) is 1.99. The molecular formula is C17H17BrO2. The molecule has 104 valence electrons. The zero-order valence-electron chi connectivity index (χ0n) is 11.7. The third kappa shape index (κ3) is 3.70. The summed E-state index contributed by atoms with van der Waals surface area (Å²) < 4.78 is 6.15. The van der Waals surface area contributed by atoms with Gasteiger partial charge in [-0.3, -0.25) is 4.79 Å². The van der Waals surface area contributed by atoms with Gasteiger partial charge in [-0.25, -0.2) is 0 Å². The van der Waals surface area contributed by atoms with Crippen LogP contribution in [0.15, 0.2) is 46.9 Å². The minimum Gasteiger partial charge on any atom is -0.497 e. The van der Waals surface area contributed by atoms with Crippen LogP contribution in [-0.2, 0) is 6.42 Å². The molecule has 0 bridgehead atoms. The number of ketones is 1. The van der Waals surface area contributed by atoms with E-state index in [1.165, 1.54) is 0 Å². The summed E-state index contributed by atoms with van der Waals surface area (Å²) in [4.78, 5) is 12.2. The van der Waals surface area contributed by atoms with Crippen LogP contribution in [0.1, 0.15) is 27.9 Å². The Balaban J connectivity index is 1.98. The van der Waals surface area contributed by atoms with Gasteiger partial charge in [0.25, 0.3) is 0 Å². The first-order valence-electron chi connectivity index (χ1n) is 6.52. The third-order valence-corrected chi connectivity index (χ3v) is 4.17. The summed E-state index contributed by atoms with van der Waals surface area (Å²) >= 11 is 3.44. The van der Waals surface area contributed by atoms with Crippen molar-refractivity contribution in [2.45, 2.75) is 19.8 Å². The molecule has 0 aliphatic heterocycles. The van der Waals surface area contributed by atoms with Crippen molar-refractivity contribution in [2.75, 3.05) is 7.11 Å². The maximum Gasteiger partial charge on any atom is 0.163 e. The Labute approximate surface area is 127 Å². The topological polar surface area (TPSA) is 26.3 Å². The van der Waals surface area contributed by atoms with Crippen LogP contribution in [-0.4, -0.2) is 12.9 Å². The monoisotopic (exact) mass is 332 g/mol. The lowest BCUT2D eigenvalue weighted by atomic mass is 10.0. The quantitative estimate of drug-likeness (QED) is 0.749. The number of benzene rings is 2. The lowest BCUT2D eigenvalue weighted by Crippen LogP contribution is -2.01. The van der Waals surface area contributed by atoms with Gasteiger partial charge in [0.1, 0.15) is 5.75 Å². The van der Waals surface area contributed by atoms with Crippen molar-refractivity contribution in [1.82, 2.24) is 0 Å². The van der Waals surface area contributed by atoms with Crippen LogP contribution in [0.2, 0.25) is 0 Å². The van der Waals surface area contributed by atoms with E-state index in [2.05, 4.69) is 15.9 Å². The maximum absolute atomic E-state index is 12.2. The van der Waals surface area contributed by atoms with Crippen molar-refractivity contribution in [3.63, 3.8) is 0 Å². The first kappa shape index (κ1) is 14.8. The number of hydrogen-bond donors (Lipinski definition) is 0. The average molecular weight is 333 g/mol. The Morgan fingerprint density at radius 1 is 1.15 bits per heavy atom. The zero-order valence-corrected chi connectivity index (χ0v) is 13.2. The smallest absolute Gasteiger partial charge is 0.163 e. The summed E-state index contributed by atoms with van der Waals surface area (Å²) in [7, 11) is 1.65. The van der Waals surface area contributed by atoms with Crippen LogP contribution in [0.3, 0.4) is 0 Å². The SMILES string of the molecule is COc1ccc(CCC(=O)c2ccc(Br)c(C)c2)cc1. The highest BCUT2D eigenvalue weighted by Gasteiger charge is 2.07. The van der Waals surface area contributed by atoms with Crippen LogP contribution >= 0.6 is 15.9 Å². The van der Waals surface area contributed by atoms with Gasteiger partial charge in [-0.2, -0.15) is 0 Å². The molecule has 0 spiro atoms. The lowest BCUT2D eigenvalue weighted by molar-refractivity contribution is 0.0982. The number of halogens is 1. The Kier molecular flexibility index (Phi) is 4.96. The highest BCUT2D eigenvalue weighted by Crippen LogP contribution is 2.19. The average Bonchev–Trinajstić information content (AvgIpc) is 2.48. The number of ether oxygens (including phenoxy) is 1. The molecule has 0 aliphatic rings. The van der Waals surface area contributed by atoms with Gasteiger partial charge in [0.05, 0.1) is 7.11 Å². The van der Waals surface area contributed by atoms with E-state index in [-0.39, 0.29) is 5.78 Å². The van der Waals surface area contributed by atoms with Gasteiger partial charge in [0.2, 0.25) is 0 Å². The van der Waals surface area contributed by atoms with Crippen LogP contribution in [0.25, 0.3) is 0 Å². The highest BCUT2D eigenvalue weighted by atomic mass is 79.9. The van der Waals surface area contributed by atoms with E-state index in [1.54, 1.807) is 7.11 Å². The van der Waals surface area contributed by atoms with Crippen molar-refractivity contribution >= 4 is 21.7 Å². The molecule has 0 N–H and O–H groups in total. The second-order valence-electron chi connectivity index (χ2n) is 4.74. The summed E-state index contributed by atoms with van der Waals surface area (Å²) in [5, 5.41) is 0. The van der Waals surface area contributed by atoms with Crippen molar-refractivity contribution in [3.05, 3.63) is 63.6 Å². The molecule has 3 heteroatoms. The normalized spacial score (nSPS) is 10.3. The third-order valence-electron chi connectivity index (χ3n) is 3.28. The van der Waals surface area contributed by atoms with Gasteiger partial charge in [0.15, 0.2) is 5.78 Å². The summed E-state index contributed by atoms with van der Waals surface area (Å²) in [6, 6.07) is 13.6. The van der Waals surface area contributed by atoms with Crippen LogP contribution in [0, 0.1) is 6.92 Å². The molecule has 2 aromatic carbocycles. The second-order valence-corrected chi connectivity index (χ2v) is 5.59.